The molecule has 42 heavy (non-hydrogen) atoms. The number of halogens is 1. The van der Waals surface area contributed by atoms with Gasteiger partial charge in [0.2, 0.25) is 0 Å². The Balaban J connectivity index is 1.43. The maximum atomic E-state index is 13.3. The molecular weight excluding hydrogens is 570 g/mol. The number of allylic oxidation sites excluding steroid dienone is 1. The van der Waals surface area contributed by atoms with E-state index in [1.807, 2.05) is 44.2 Å². The summed E-state index contributed by atoms with van der Waals surface area (Å²) < 4.78 is 22.5. The molecule has 1 saturated carbocycles. The molecule has 2 aromatic rings. The van der Waals surface area contributed by atoms with E-state index in [0.717, 1.165) is 55.1 Å². The van der Waals surface area contributed by atoms with E-state index in [2.05, 4.69) is 21.8 Å². The largest absolute Gasteiger partial charge is 0.490 e. The lowest BCUT2D eigenvalue weighted by atomic mass is 9.64. The third kappa shape index (κ3) is 5.40. The molecule has 4 N–H and O–H groups in total. The lowest BCUT2D eigenvalue weighted by Gasteiger charge is -2.49. The van der Waals surface area contributed by atoms with Gasteiger partial charge >= 0.3 is 0 Å². The zero-order valence-electron chi connectivity index (χ0n) is 24.5. The standard InChI is InChI=1S/C33H42ClN3O4S/c1-21-5-3-14-33(39,18-35)28-10-7-25(28)17-37-19-32(13-4-6-23-15-26(34)9-11-27(23)32)20-41-30-12-8-24(16-29(30)37)31(38)36-42(40)22(21)2/h3,8-9,11-12,14-16,21-22,25,28,39H,4-7,10,13,17-20,35H2,1-2H3,(H,36,38)/b14-3+. The maximum absolute atomic E-state index is 13.3. The minimum absolute atomic E-state index is 0.0287. The predicted molar refractivity (Wildman–Crippen MR) is 168 cm³/mol. The molecule has 7 unspecified atom stereocenters. The molecule has 0 aromatic heterocycles. The minimum atomic E-state index is -1.57. The van der Waals surface area contributed by atoms with Crippen molar-refractivity contribution in [3.8, 4) is 5.75 Å². The Morgan fingerprint density at radius 1 is 1.21 bits per heavy atom. The van der Waals surface area contributed by atoms with Gasteiger partial charge < -0.3 is 20.5 Å². The maximum Gasteiger partial charge on any atom is 0.263 e. The molecule has 9 heteroatoms. The number of ether oxygens (including phenoxy) is 1. The van der Waals surface area contributed by atoms with Gasteiger partial charge in [-0.05, 0) is 105 Å². The van der Waals surface area contributed by atoms with Gasteiger partial charge in [-0.2, -0.15) is 0 Å². The molecule has 7 atom stereocenters. The van der Waals surface area contributed by atoms with Gasteiger partial charge in [-0.25, -0.2) is 4.21 Å². The van der Waals surface area contributed by atoms with E-state index in [9.17, 15) is 14.1 Å². The second-order valence-corrected chi connectivity index (χ2v) is 15.0. The number of nitrogens with one attached hydrogen (secondary N) is 1. The first-order valence-electron chi connectivity index (χ1n) is 15.2. The summed E-state index contributed by atoms with van der Waals surface area (Å²) >= 11 is 6.41. The Hall–Kier alpha value is -2.39. The average Bonchev–Trinajstić information content (AvgIpc) is 3.11. The number of aryl methyl sites for hydroxylation is 1. The number of carbonyl (C=O) groups is 1. The molecule has 0 saturated heterocycles. The summed E-state index contributed by atoms with van der Waals surface area (Å²) in [6.45, 7) is 6.02. The minimum Gasteiger partial charge on any atom is -0.490 e. The molecule has 6 rings (SSSR count). The van der Waals surface area contributed by atoms with Crippen molar-refractivity contribution in [2.75, 3.05) is 31.1 Å². The second-order valence-electron chi connectivity index (χ2n) is 13.0. The SMILES string of the molecule is CC1C/C=C/C(O)(CN)C2CCC2CN2CC3(CCCc4cc(Cl)ccc43)COc3ccc(cc32)C(=O)NS(=O)C1C. The molecule has 2 aliphatic carbocycles. The monoisotopic (exact) mass is 611 g/mol. The highest BCUT2D eigenvalue weighted by Gasteiger charge is 2.47. The topological polar surface area (TPSA) is 105 Å². The Morgan fingerprint density at radius 3 is 2.81 bits per heavy atom. The van der Waals surface area contributed by atoms with Gasteiger partial charge in [0.1, 0.15) is 16.7 Å². The molecule has 226 valence electrons. The van der Waals surface area contributed by atoms with Crippen molar-refractivity contribution in [3.63, 3.8) is 0 Å². The smallest absolute Gasteiger partial charge is 0.263 e. The first-order chi connectivity index (χ1) is 20.1. The van der Waals surface area contributed by atoms with Crippen LogP contribution in [0.1, 0.15) is 67.4 Å². The first kappa shape index (κ1) is 29.7. The molecule has 2 aliphatic heterocycles. The number of hydrogen-bond donors (Lipinski definition) is 3. The van der Waals surface area contributed by atoms with Gasteiger partial charge in [-0.1, -0.05) is 36.7 Å². The van der Waals surface area contributed by atoms with Crippen LogP contribution in [-0.2, 0) is 22.8 Å². The highest BCUT2D eigenvalue weighted by atomic mass is 35.5. The molecule has 7 nitrogen and oxygen atoms in total. The van der Waals surface area contributed by atoms with Crippen LogP contribution in [0.4, 0.5) is 5.69 Å². The summed E-state index contributed by atoms with van der Waals surface area (Å²) in [5.74, 6) is 0.677. The number of fused-ring (bicyclic) bond motifs is 4. The number of benzene rings is 2. The normalized spacial score (nSPS) is 35.6. The van der Waals surface area contributed by atoms with Crippen LogP contribution in [0.25, 0.3) is 0 Å². The van der Waals surface area contributed by atoms with Crippen molar-refractivity contribution in [3.05, 3.63) is 70.3 Å². The quantitative estimate of drug-likeness (QED) is 0.396. The lowest BCUT2D eigenvalue weighted by molar-refractivity contribution is -0.0383. The highest BCUT2D eigenvalue weighted by Crippen LogP contribution is 2.48. The van der Waals surface area contributed by atoms with Crippen molar-refractivity contribution >= 4 is 34.2 Å². The van der Waals surface area contributed by atoms with Gasteiger partial charge in [0.15, 0.2) is 0 Å². The van der Waals surface area contributed by atoms with Crippen LogP contribution in [0.5, 0.6) is 5.75 Å². The van der Waals surface area contributed by atoms with Crippen LogP contribution in [0.15, 0.2) is 48.6 Å². The molecule has 0 radical (unpaired) electrons. The Labute approximate surface area is 256 Å². The van der Waals surface area contributed by atoms with Gasteiger partial charge in [0.05, 0.1) is 23.1 Å². The van der Waals surface area contributed by atoms with Crippen LogP contribution in [0.3, 0.4) is 0 Å². The summed E-state index contributed by atoms with van der Waals surface area (Å²) in [6.07, 6.45) is 9.41. The van der Waals surface area contributed by atoms with Crippen LogP contribution >= 0.6 is 11.6 Å². The second kappa shape index (κ2) is 11.6. The van der Waals surface area contributed by atoms with E-state index in [4.69, 9.17) is 22.1 Å². The average molecular weight is 612 g/mol. The lowest BCUT2D eigenvalue weighted by Crippen LogP contribution is -2.54. The molecule has 2 aromatic carbocycles. The zero-order valence-corrected chi connectivity index (χ0v) is 26.1. The van der Waals surface area contributed by atoms with Crippen LogP contribution < -0.4 is 20.1 Å². The summed E-state index contributed by atoms with van der Waals surface area (Å²) in [5.41, 5.74) is 8.74. The van der Waals surface area contributed by atoms with E-state index in [0.29, 0.717) is 25.1 Å². The number of carbonyl (C=O) groups excluding carboxylic acids is 1. The van der Waals surface area contributed by atoms with E-state index in [1.54, 1.807) is 6.07 Å². The third-order valence-electron chi connectivity index (χ3n) is 10.4. The number of aliphatic hydroxyl groups is 1. The van der Waals surface area contributed by atoms with E-state index >= 15 is 0 Å². The summed E-state index contributed by atoms with van der Waals surface area (Å²) in [7, 11) is -1.57. The molecule has 1 spiro atoms. The molecule has 1 amide bonds. The molecule has 1 fully saturated rings. The summed E-state index contributed by atoms with van der Waals surface area (Å²) in [5, 5.41) is 12.2. The number of rotatable bonds is 1. The Bertz CT molecular complexity index is 1420. The number of nitrogens with two attached hydrogens (primary N) is 1. The fourth-order valence-corrected chi connectivity index (χ4v) is 8.67. The number of nitrogens with zero attached hydrogens (tertiary/aromatic N) is 1. The molecule has 2 bridgehead atoms. The number of anilines is 1. The van der Waals surface area contributed by atoms with Gasteiger partial charge in [-0.3, -0.25) is 9.52 Å². The van der Waals surface area contributed by atoms with Crippen LogP contribution in [0, 0.1) is 17.8 Å². The van der Waals surface area contributed by atoms with Crippen molar-refractivity contribution in [1.82, 2.24) is 4.72 Å². The molecule has 4 aliphatic rings. The Morgan fingerprint density at radius 2 is 2.05 bits per heavy atom. The van der Waals surface area contributed by atoms with Gasteiger partial charge in [-0.15, -0.1) is 0 Å². The van der Waals surface area contributed by atoms with E-state index < -0.39 is 16.6 Å². The summed E-state index contributed by atoms with van der Waals surface area (Å²) in [6, 6.07) is 11.7. The van der Waals surface area contributed by atoms with Crippen molar-refractivity contribution in [1.29, 1.82) is 0 Å². The van der Waals surface area contributed by atoms with Crippen molar-refractivity contribution in [2.24, 2.45) is 23.5 Å². The van der Waals surface area contributed by atoms with E-state index in [1.165, 1.54) is 11.1 Å². The fourth-order valence-electron chi connectivity index (χ4n) is 7.46. The molecule has 2 heterocycles. The van der Waals surface area contributed by atoms with Crippen molar-refractivity contribution in [2.45, 2.75) is 68.6 Å². The van der Waals surface area contributed by atoms with Crippen molar-refractivity contribution < 1.29 is 18.8 Å². The van der Waals surface area contributed by atoms with Crippen LogP contribution in [0.2, 0.25) is 5.02 Å². The number of amides is 1. The fraction of sp³-hybridized carbons (Fsp3) is 0.545. The Kier molecular flexibility index (Phi) is 8.20. The van der Waals surface area contributed by atoms with Gasteiger partial charge in [0, 0.05) is 35.6 Å². The zero-order chi connectivity index (χ0) is 29.6. The first-order valence-corrected chi connectivity index (χ1v) is 16.8. The van der Waals surface area contributed by atoms with Crippen LogP contribution in [-0.4, -0.2) is 52.3 Å². The highest BCUT2D eigenvalue weighted by molar-refractivity contribution is 7.84. The van der Waals surface area contributed by atoms with E-state index in [-0.39, 0.29) is 40.9 Å². The third-order valence-corrected chi connectivity index (χ3v) is 12.1. The predicted octanol–water partition coefficient (Wildman–Crippen LogP) is 4.91. The molecular formula is C33H42ClN3O4S. The summed E-state index contributed by atoms with van der Waals surface area (Å²) in [4.78, 5) is 15.7. The van der Waals surface area contributed by atoms with Gasteiger partial charge in [0.25, 0.3) is 5.91 Å². The number of hydrogen-bond acceptors (Lipinski definition) is 6.